The van der Waals surface area contributed by atoms with Crippen molar-refractivity contribution in [1.29, 1.82) is 0 Å². The molecule has 3 fully saturated rings. The summed E-state index contributed by atoms with van der Waals surface area (Å²) in [6, 6.07) is 4.85. The zero-order chi connectivity index (χ0) is 22.3. The van der Waals surface area contributed by atoms with Crippen LogP contribution < -0.4 is 5.32 Å². The van der Waals surface area contributed by atoms with Gasteiger partial charge in [-0.3, -0.25) is 19.3 Å². The number of rotatable bonds is 7. The summed E-state index contributed by atoms with van der Waals surface area (Å²) in [7, 11) is 0. The van der Waals surface area contributed by atoms with Gasteiger partial charge in [0.2, 0.25) is 11.8 Å². The molecule has 3 aliphatic rings. The molecule has 1 aromatic carbocycles. The fraction of sp³-hybridized carbons (Fsp3) is 0.583. The van der Waals surface area contributed by atoms with Gasteiger partial charge in [-0.1, -0.05) is 32.0 Å². The second-order valence-electron chi connectivity index (χ2n) is 8.92. The van der Waals surface area contributed by atoms with Crippen molar-refractivity contribution in [2.75, 3.05) is 11.9 Å². The van der Waals surface area contributed by atoms with E-state index in [0.717, 1.165) is 53.8 Å². The van der Waals surface area contributed by atoms with Gasteiger partial charge in [-0.2, -0.15) is 0 Å². The van der Waals surface area contributed by atoms with Crippen molar-refractivity contribution in [3.63, 3.8) is 0 Å². The van der Waals surface area contributed by atoms with Crippen molar-refractivity contribution in [1.82, 2.24) is 4.90 Å². The molecule has 0 unspecified atom stereocenters. The largest absolute Gasteiger partial charge is 0.454 e. The summed E-state index contributed by atoms with van der Waals surface area (Å²) in [5.41, 5.74) is 2.79. The van der Waals surface area contributed by atoms with Gasteiger partial charge in [0.1, 0.15) is 6.04 Å². The molecule has 0 radical (unpaired) electrons. The molecule has 0 spiro atoms. The highest BCUT2D eigenvalue weighted by Gasteiger charge is 2.62. The first-order valence-electron chi connectivity index (χ1n) is 11.3. The second kappa shape index (κ2) is 8.44. The Bertz CT molecular complexity index is 876. The van der Waals surface area contributed by atoms with Crippen molar-refractivity contribution in [3.05, 3.63) is 29.3 Å². The van der Waals surface area contributed by atoms with Gasteiger partial charge in [-0.15, -0.1) is 0 Å². The van der Waals surface area contributed by atoms with Crippen molar-refractivity contribution in [2.45, 2.75) is 58.9 Å². The van der Waals surface area contributed by atoms with E-state index in [2.05, 4.69) is 5.32 Å². The molecule has 3 amide bonds. The molecule has 5 atom stereocenters. The highest BCUT2D eigenvalue weighted by atomic mass is 16.5. The number of imide groups is 1. The number of ether oxygens (including phenoxy) is 1. The number of aryl methyl sites for hydroxylation is 2. The summed E-state index contributed by atoms with van der Waals surface area (Å²) >= 11 is 0. The van der Waals surface area contributed by atoms with Crippen LogP contribution in [-0.2, 0) is 36.8 Å². The molecule has 1 aliphatic heterocycles. The lowest BCUT2D eigenvalue weighted by Gasteiger charge is -2.23. The fourth-order valence-corrected chi connectivity index (χ4v) is 5.75. The molecule has 1 saturated heterocycles. The average molecular weight is 427 g/mol. The van der Waals surface area contributed by atoms with Crippen LogP contribution in [-0.4, -0.2) is 41.2 Å². The number of likely N-dealkylation sites (tertiary alicyclic amines) is 1. The topological polar surface area (TPSA) is 92.8 Å². The Labute approximate surface area is 182 Å². The maximum Gasteiger partial charge on any atom is 0.329 e. The molecular weight excluding hydrogens is 396 g/mol. The number of nitrogens with one attached hydrogen (secondary N) is 1. The first-order chi connectivity index (χ1) is 14.9. The number of nitrogens with zero attached hydrogens (tertiary/aromatic N) is 1. The minimum atomic E-state index is -1.02. The van der Waals surface area contributed by atoms with Crippen LogP contribution in [0.3, 0.4) is 0 Å². The number of benzene rings is 1. The number of fused-ring (bicyclic) bond motifs is 5. The van der Waals surface area contributed by atoms with E-state index >= 15 is 0 Å². The molecule has 1 N–H and O–H groups in total. The SMILES string of the molecule is CCc1cccc(CC)c1NC(=O)COC(=O)[C@H](C)N1C(=O)[C@H]2[C@H]3CC[C@@H](C3)[C@@H]2C1=O. The number of carbonyl (C=O) groups excluding carboxylic acids is 4. The molecule has 1 heterocycles. The molecule has 2 aliphatic carbocycles. The van der Waals surface area contributed by atoms with Crippen LogP contribution in [0.4, 0.5) is 5.69 Å². The van der Waals surface area contributed by atoms with E-state index in [9.17, 15) is 19.2 Å². The lowest BCUT2D eigenvalue weighted by Crippen LogP contribution is -2.45. The zero-order valence-electron chi connectivity index (χ0n) is 18.3. The van der Waals surface area contributed by atoms with Crippen LogP contribution in [0.2, 0.25) is 0 Å². The van der Waals surface area contributed by atoms with Gasteiger partial charge < -0.3 is 10.1 Å². The molecule has 7 heteroatoms. The molecule has 2 saturated carbocycles. The van der Waals surface area contributed by atoms with Gasteiger partial charge in [0, 0.05) is 5.69 Å². The number of amides is 3. The lowest BCUT2D eigenvalue weighted by molar-refractivity contribution is -0.159. The monoisotopic (exact) mass is 426 g/mol. The van der Waals surface area contributed by atoms with Gasteiger partial charge in [-0.05, 0) is 62.0 Å². The first kappa shape index (κ1) is 21.5. The third-order valence-electron chi connectivity index (χ3n) is 7.30. The minimum Gasteiger partial charge on any atom is -0.454 e. The minimum absolute atomic E-state index is 0.249. The summed E-state index contributed by atoms with van der Waals surface area (Å²) in [5.74, 6) is -1.70. The Kier molecular flexibility index (Phi) is 5.86. The smallest absolute Gasteiger partial charge is 0.329 e. The van der Waals surface area contributed by atoms with Gasteiger partial charge >= 0.3 is 5.97 Å². The van der Waals surface area contributed by atoms with E-state index in [1.165, 1.54) is 6.92 Å². The summed E-state index contributed by atoms with van der Waals surface area (Å²) < 4.78 is 5.19. The van der Waals surface area contributed by atoms with Gasteiger partial charge in [-0.25, -0.2) is 4.79 Å². The molecule has 31 heavy (non-hydrogen) atoms. The second-order valence-corrected chi connectivity index (χ2v) is 8.92. The standard InChI is InChI=1S/C24H30N2O5/c1-4-14-7-6-8-15(5-2)21(14)25-18(27)12-31-24(30)13(3)26-22(28)19-16-9-10-17(11-16)20(19)23(26)29/h6-8,13,16-17,19-20H,4-5,9-12H2,1-3H3,(H,25,27)/t13-,16-,17-,19-,20-/m0/s1. The Morgan fingerprint density at radius 3 is 2.13 bits per heavy atom. The van der Waals surface area contributed by atoms with Gasteiger partial charge in [0.15, 0.2) is 6.61 Å². The fourth-order valence-electron chi connectivity index (χ4n) is 5.75. The maximum absolute atomic E-state index is 12.9. The van der Waals surface area contributed by atoms with Crippen LogP contribution in [0.15, 0.2) is 18.2 Å². The van der Waals surface area contributed by atoms with Gasteiger partial charge in [0.05, 0.1) is 11.8 Å². The van der Waals surface area contributed by atoms with E-state index in [0.29, 0.717) is 0 Å². The summed E-state index contributed by atoms with van der Waals surface area (Å²) in [6.45, 7) is 5.06. The predicted octanol–water partition coefficient (Wildman–Crippen LogP) is 2.71. The Morgan fingerprint density at radius 2 is 1.61 bits per heavy atom. The number of para-hydroxylation sites is 1. The van der Waals surface area contributed by atoms with E-state index < -0.39 is 24.5 Å². The predicted molar refractivity (Wildman–Crippen MR) is 114 cm³/mol. The van der Waals surface area contributed by atoms with E-state index in [-0.39, 0.29) is 35.5 Å². The maximum atomic E-state index is 12.9. The highest BCUT2D eigenvalue weighted by Crippen LogP contribution is 2.56. The Balaban J connectivity index is 1.37. The molecule has 2 bridgehead atoms. The van der Waals surface area contributed by atoms with Crippen LogP contribution >= 0.6 is 0 Å². The number of carbonyl (C=O) groups is 4. The third kappa shape index (κ3) is 3.64. The van der Waals surface area contributed by atoms with Gasteiger partial charge in [0.25, 0.3) is 5.91 Å². The van der Waals surface area contributed by atoms with Crippen molar-refractivity contribution in [2.24, 2.45) is 23.7 Å². The van der Waals surface area contributed by atoms with Crippen molar-refractivity contribution in [3.8, 4) is 0 Å². The summed E-state index contributed by atoms with van der Waals surface area (Å²) in [5, 5.41) is 2.85. The number of anilines is 1. The van der Waals surface area contributed by atoms with Crippen LogP contribution in [0, 0.1) is 23.7 Å². The van der Waals surface area contributed by atoms with E-state index in [1.807, 2.05) is 32.0 Å². The highest BCUT2D eigenvalue weighted by molar-refractivity contribution is 6.08. The van der Waals surface area contributed by atoms with E-state index in [4.69, 9.17) is 4.74 Å². The molecule has 4 rings (SSSR count). The zero-order valence-corrected chi connectivity index (χ0v) is 18.3. The molecule has 166 valence electrons. The summed E-state index contributed by atoms with van der Waals surface area (Å²) in [4.78, 5) is 51.8. The number of hydrogen-bond donors (Lipinski definition) is 1. The first-order valence-corrected chi connectivity index (χ1v) is 11.3. The Hall–Kier alpha value is -2.70. The quantitative estimate of drug-likeness (QED) is 0.535. The van der Waals surface area contributed by atoms with Crippen molar-refractivity contribution < 1.29 is 23.9 Å². The van der Waals surface area contributed by atoms with Crippen molar-refractivity contribution >= 4 is 29.4 Å². The van der Waals surface area contributed by atoms with Crippen LogP contribution in [0.5, 0.6) is 0 Å². The summed E-state index contributed by atoms with van der Waals surface area (Å²) in [6.07, 6.45) is 4.44. The van der Waals surface area contributed by atoms with E-state index in [1.54, 1.807) is 0 Å². The lowest BCUT2D eigenvalue weighted by atomic mass is 9.81. The van der Waals surface area contributed by atoms with Crippen LogP contribution in [0.1, 0.15) is 51.2 Å². The molecule has 0 aromatic heterocycles. The number of hydrogen-bond acceptors (Lipinski definition) is 5. The Morgan fingerprint density at radius 1 is 1.06 bits per heavy atom. The third-order valence-corrected chi connectivity index (χ3v) is 7.30. The average Bonchev–Trinajstić information content (AvgIpc) is 3.45. The molecule has 1 aromatic rings. The molecular formula is C24H30N2O5. The van der Waals surface area contributed by atoms with Crippen LogP contribution in [0.25, 0.3) is 0 Å². The normalized spacial score (nSPS) is 27.4. The number of esters is 1. The molecule has 7 nitrogen and oxygen atoms in total.